The summed E-state index contributed by atoms with van der Waals surface area (Å²) >= 11 is 11.0. The molecular weight excluding hydrogens is 210 g/mol. The normalized spacial score (nSPS) is 10.5. The Balaban J connectivity index is 0. The van der Waals surface area contributed by atoms with Gasteiger partial charge in [0.15, 0.2) is 0 Å². The van der Waals surface area contributed by atoms with Gasteiger partial charge >= 0.3 is 5.97 Å². The number of aliphatic carboxylic acids is 1. The molecule has 0 aromatic heterocycles. The summed E-state index contributed by atoms with van der Waals surface area (Å²) in [6.45, 7) is 1.75. The largest absolute Gasteiger partial charge is 0.481 e. The fourth-order valence-electron chi connectivity index (χ4n) is 0.495. The summed E-state index contributed by atoms with van der Waals surface area (Å²) in [5, 5.41) is 8.39. The van der Waals surface area contributed by atoms with Gasteiger partial charge in [-0.2, -0.15) is 0 Å². The van der Waals surface area contributed by atoms with Crippen molar-refractivity contribution in [2.24, 2.45) is 5.41 Å². The number of hydrogen-bond donors (Lipinski definition) is 1. The second-order valence-corrected chi connectivity index (χ2v) is 3.18. The molecule has 11 heavy (non-hydrogen) atoms. The molecule has 0 fully saturated rings. The van der Waals surface area contributed by atoms with E-state index in [4.69, 9.17) is 28.3 Å². The van der Waals surface area contributed by atoms with Crippen molar-refractivity contribution in [2.45, 2.75) is 13.3 Å². The Kier molecular flexibility index (Phi) is 7.48. The Labute approximate surface area is 82.3 Å². The minimum absolute atomic E-state index is 0. The molecule has 68 valence electrons. The van der Waals surface area contributed by atoms with Gasteiger partial charge in [-0.15, -0.1) is 35.6 Å². The van der Waals surface area contributed by atoms with Crippen LogP contribution in [-0.2, 0) is 4.79 Å². The van der Waals surface area contributed by atoms with E-state index in [0.29, 0.717) is 0 Å². The van der Waals surface area contributed by atoms with E-state index in [9.17, 15) is 4.79 Å². The standard InChI is InChI=1S/C6H10Cl2O2.ClH/c1-6(3-7,4-8)2-5(9)10;/h2-4H2,1H3,(H,9,10);1H. The summed E-state index contributed by atoms with van der Waals surface area (Å²) in [6, 6.07) is 0. The maximum Gasteiger partial charge on any atom is 0.303 e. The zero-order valence-electron chi connectivity index (χ0n) is 6.14. The van der Waals surface area contributed by atoms with Crippen molar-refractivity contribution in [3.8, 4) is 0 Å². The van der Waals surface area contributed by atoms with Crippen LogP contribution >= 0.6 is 35.6 Å². The molecule has 0 bridgehead atoms. The molecule has 0 saturated carbocycles. The third-order valence-corrected chi connectivity index (χ3v) is 2.51. The number of halogens is 3. The molecule has 1 N–H and O–H groups in total. The molecule has 0 spiro atoms. The lowest BCUT2D eigenvalue weighted by atomic mass is 9.92. The van der Waals surface area contributed by atoms with Crippen molar-refractivity contribution < 1.29 is 9.90 Å². The lowest BCUT2D eigenvalue weighted by Gasteiger charge is -2.20. The van der Waals surface area contributed by atoms with Gasteiger partial charge in [0, 0.05) is 17.2 Å². The Morgan fingerprint density at radius 3 is 1.91 bits per heavy atom. The van der Waals surface area contributed by atoms with Crippen molar-refractivity contribution in [2.75, 3.05) is 11.8 Å². The molecule has 0 saturated heterocycles. The number of carbonyl (C=O) groups is 1. The highest BCUT2D eigenvalue weighted by atomic mass is 35.5. The van der Waals surface area contributed by atoms with Crippen LogP contribution in [0.4, 0.5) is 0 Å². The van der Waals surface area contributed by atoms with Crippen LogP contribution in [0.1, 0.15) is 13.3 Å². The number of carboxylic acid groups (broad SMARTS) is 1. The van der Waals surface area contributed by atoms with Gasteiger partial charge in [-0.1, -0.05) is 6.92 Å². The highest BCUT2D eigenvalue weighted by Crippen LogP contribution is 2.24. The fraction of sp³-hybridized carbons (Fsp3) is 0.833. The summed E-state index contributed by atoms with van der Waals surface area (Å²) in [6.07, 6.45) is 0.0278. The van der Waals surface area contributed by atoms with Crippen LogP contribution in [0.15, 0.2) is 0 Å². The monoisotopic (exact) mass is 220 g/mol. The quantitative estimate of drug-likeness (QED) is 0.740. The van der Waals surface area contributed by atoms with Gasteiger partial charge in [0.2, 0.25) is 0 Å². The van der Waals surface area contributed by atoms with E-state index < -0.39 is 11.4 Å². The number of carboxylic acids is 1. The van der Waals surface area contributed by atoms with Crippen molar-refractivity contribution in [3.05, 3.63) is 0 Å². The van der Waals surface area contributed by atoms with Gasteiger partial charge in [0.05, 0.1) is 6.42 Å². The van der Waals surface area contributed by atoms with Crippen LogP contribution in [0, 0.1) is 5.41 Å². The SMILES string of the molecule is CC(CCl)(CCl)CC(=O)O.Cl. The molecule has 0 aromatic rings. The van der Waals surface area contributed by atoms with Crippen molar-refractivity contribution in [3.63, 3.8) is 0 Å². The van der Waals surface area contributed by atoms with E-state index in [0.717, 1.165) is 0 Å². The molecule has 0 rings (SSSR count). The molecule has 0 radical (unpaired) electrons. The zero-order valence-corrected chi connectivity index (χ0v) is 8.47. The number of alkyl halides is 2. The number of hydrogen-bond acceptors (Lipinski definition) is 1. The predicted octanol–water partition coefficient (Wildman–Crippen LogP) is 2.37. The highest BCUT2D eigenvalue weighted by Gasteiger charge is 2.25. The first-order chi connectivity index (χ1) is 4.54. The summed E-state index contributed by atoms with van der Waals surface area (Å²) in [7, 11) is 0. The van der Waals surface area contributed by atoms with Gasteiger partial charge in [-0.05, 0) is 0 Å². The first-order valence-electron chi connectivity index (χ1n) is 2.88. The molecular formula is C6H11Cl3O2. The summed E-state index contributed by atoms with van der Waals surface area (Å²) < 4.78 is 0. The van der Waals surface area contributed by atoms with Gasteiger partial charge in [-0.3, -0.25) is 4.79 Å². The smallest absolute Gasteiger partial charge is 0.303 e. The lowest BCUT2D eigenvalue weighted by molar-refractivity contribution is -0.138. The van der Waals surface area contributed by atoms with E-state index in [1.165, 1.54) is 0 Å². The van der Waals surface area contributed by atoms with Crippen LogP contribution in [0.2, 0.25) is 0 Å². The van der Waals surface area contributed by atoms with Crippen molar-refractivity contribution >= 4 is 41.6 Å². The molecule has 2 nitrogen and oxygen atoms in total. The maximum atomic E-state index is 10.2. The van der Waals surface area contributed by atoms with Crippen LogP contribution < -0.4 is 0 Å². The summed E-state index contributed by atoms with van der Waals surface area (Å²) in [4.78, 5) is 10.2. The number of rotatable bonds is 4. The Morgan fingerprint density at radius 1 is 1.45 bits per heavy atom. The van der Waals surface area contributed by atoms with E-state index >= 15 is 0 Å². The van der Waals surface area contributed by atoms with Gasteiger partial charge in [0.25, 0.3) is 0 Å². The maximum absolute atomic E-state index is 10.2. The molecule has 0 aromatic carbocycles. The minimum atomic E-state index is -0.858. The first-order valence-corrected chi connectivity index (χ1v) is 3.95. The summed E-state index contributed by atoms with van der Waals surface area (Å²) in [5.74, 6) is -0.296. The molecule has 0 amide bonds. The molecule has 0 unspecified atom stereocenters. The van der Waals surface area contributed by atoms with Crippen LogP contribution in [0.3, 0.4) is 0 Å². The van der Waals surface area contributed by atoms with E-state index in [-0.39, 0.29) is 30.6 Å². The van der Waals surface area contributed by atoms with Crippen molar-refractivity contribution in [1.29, 1.82) is 0 Å². The predicted molar refractivity (Wildman–Crippen MR) is 49.0 cm³/mol. The van der Waals surface area contributed by atoms with Crippen LogP contribution in [0.25, 0.3) is 0 Å². The van der Waals surface area contributed by atoms with Gasteiger partial charge < -0.3 is 5.11 Å². The van der Waals surface area contributed by atoms with Crippen molar-refractivity contribution in [1.82, 2.24) is 0 Å². The second kappa shape index (κ2) is 5.92. The second-order valence-electron chi connectivity index (χ2n) is 2.65. The average Bonchev–Trinajstić information content (AvgIpc) is 1.87. The molecule has 0 aliphatic heterocycles. The Morgan fingerprint density at radius 2 is 1.82 bits per heavy atom. The zero-order chi connectivity index (χ0) is 8.20. The minimum Gasteiger partial charge on any atom is -0.481 e. The highest BCUT2D eigenvalue weighted by molar-refractivity contribution is 6.21. The van der Waals surface area contributed by atoms with Crippen LogP contribution in [-0.4, -0.2) is 22.8 Å². The Bertz CT molecular complexity index is 123. The first kappa shape index (κ1) is 13.9. The van der Waals surface area contributed by atoms with Gasteiger partial charge in [-0.25, -0.2) is 0 Å². The average molecular weight is 222 g/mol. The fourth-order valence-corrected chi connectivity index (χ4v) is 0.970. The third kappa shape index (κ3) is 5.59. The molecule has 0 heterocycles. The van der Waals surface area contributed by atoms with E-state index in [1.807, 2.05) is 0 Å². The van der Waals surface area contributed by atoms with Gasteiger partial charge in [0.1, 0.15) is 0 Å². The molecule has 5 heteroatoms. The van der Waals surface area contributed by atoms with Crippen LogP contribution in [0.5, 0.6) is 0 Å². The summed E-state index contributed by atoms with van der Waals surface area (Å²) in [5.41, 5.74) is -0.463. The molecule has 0 atom stereocenters. The van der Waals surface area contributed by atoms with E-state index in [2.05, 4.69) is 0 Å². The topological polar surface area (TPSA) is 37.3 Å². The molecule has 0 aliphatic rings. The Hall–Kier alpha value is 0.340. The third-order valence-electron chi connectivity index (χ3n) is 1.22. The van der Waals surface area contributed by atoms with E-state index in [1.54, 1.807) is 6.92 Å². The molecule has 0 aliphatic carbocycles. The lowest BCUT2D eigenvalue weighted by Crippen LogP contribution is -2.24.